The molecule has 17 heavy (non-hydrogen) atoms. The molecule has 1 unspecified atom stereocenters. The molecule has 1 aromatic rings. The number of nitrogens with two attached hydrogens (primary N) is 1. The molecule has 0 aliphatic rings. The number of carbonyl (C=O) groups is 1. The minimum Gasteiger partial charge on any atom is -0.496 e. The van der Waals surface area contributed by atoms with E-state index in [-0.39, 0.29) is 11.9 Å². The van der Waals surface area contributed by atoms with Crippen molar-refractivity contribution in [2.24, 2.45) is 5.73 Å². The molecule has 0 fully saturated rings. The van der Waals surface area contributed by atoms with Crippen LogP contribution in [0.5, 0.6) is 5.75 Å². The van der Waals surface area contributed by atoms with E-state index < -0.39 is 0 Å². The van der Waals surface area contributed by atoms with Crippen LogP contribution in [0.3, 0.4) is 0 Å². The number of esters is 1. The fourth-order valence-electron chi connectivity index (χ4n) is 1.90. The summed E-state index contributed by atoms with van der Waals surface area (Å²) < 4.78 is 9.93. The zero-order valence-electron chi connectivity index (χ0n) is 10.5. The van der Waals surface area contributed by atoms with Crippen molar-refractivity contribution in [1.29, 1.82) is 0 Å². The topological polar surface area (TPSA) is 61.5 Å². The quantitative estimate of drug-likeness (QED) is 0.790. The molecular formula is C13H19NO3. The molecule has 2 N–H and O–H groups in total. The Morgan fingerprint density at radius 3 is 2.65 bits per heavy atom. The van der Waals surface area contributed by atoms with Crippen LogP contribution in [0.1, 0.15) is 23.5 Å². The molecule has 0 saturated heterocycles. The van der Waals surface area contributed by atoms with Gasteiger partial charge in [-0.1, -0.05) is 12.1 Å². The summed E-state index contributed by atoms with van der Waals surface area (Å²) in [7, 11) is 3.01. The molecular weight excluding hydrogens is 218 g/mol. The zero-order chi connectivity index (χ0) is 12.8. The van der Waals surface area contributed by atoms with Crippen LogP contribution < -0.4 is 10.5 Å². The lowest BCUT2D eigenvalue weighted by Gasteiger charge is -2.18. The smallest absolute Gasteiger partial charge is 0.306 e. The van der Waals surface area contributed by atoms with E-state index in [9.17, 15) is 4.79 Å². The Labute approximate surface area is 102 Å². The molecule has 0 radical (unpaired) electrons. The van der Waals surface area contributed by atoms with Gasteiger partial charge in [0.2, 0.25) is 0 Å². The summed E-state index contributed by atoms with van der Waals surface area (Å²) in [6.07, 6.45) is 0.293. The van der Waals surface area contributed by atoms with Crippen LogP contribution in [0.2, 0.25) is 0 Å². The molecule has 1 rings (SSSR count). The van der Waals surface area contributed by atoms with Gasteiger partial charge in [0, 0.05) is 5.92 Å². The van der Waals surface area contributed by atoms with E-state index in [1.54, 1.807) is 7.11 Å². The van der Waals surface area contributed by atoms with Gasteiger partial charge in [-0.05, 0) is 30.7 Å². The molecule has 4 nitrogen and oxygen atoms in total. The average Bonchev–Trinajstić information content (AvgIpc) is 2.36. The molecule has 0 bridgehead atoms. The highest BCUT2D eigenvalue weighted by Crippen LogP contribution is 2.28. The van der Waals surface area contributed by atoms with Crippen LogP contribution in [0.4, 0.5) is 0 Å². The van der Waals surface area contributed by atoms with Crippen LogP contribution in [-0.2, 0) is 9.53 Å². The van der Waals surface area contributed by atoms with Gasteiger partial charge in [-0.2, -0.15) is 0 Å². The maximum atomic E-state index is 11.3. The number of hydrogen-bond donors (Lipinski definition) is 1. The SMILES string of the molecule is COC(=O)CC(CN)c1cccc(OC)c1C. The Morgan fingerprint density at radius 1 is 1.41 bits per heavy atom. The van der Waals surface area contributed by atoms with E-state index in [0.29, 0.717) is 13.0 Å². The Kier molecular flexibility index (Phi) is 4.97. The predicted molar refractivity (Wildman–Crippen MR) is 66.2 cm³/mol. The molecule has 94 valence electrons. The second-order valence-electron chi connectivity index (χ2n) is 3.89. The molecule has 0 heterocycles. The number of hydrogen-bond acceptors (Lipinski definition) is 4. The van der Waals surface area contributed by atoms with Crippen LogP contribution in [0.15, 0.2) is 18.2 Å². The van der Waals surface area contributed by atoms with Crippen LogP contribution >= 0.6 is 0 Å². The third-order valence-electron chi connectivity index (χ3n) is 2.91. The summed E-state index contributed by atoms with van der Waals surface area (Å²) in [6, 6.07) is 5.77. The Morgan fingerprint density at radius 2 is 2.12 bits per heavy atom. The number of methoxy groups -OCH3 is 2. The maximum Gasteiger partial charge on any atom is 0.306 e. The lowest BCUT2D eigenvalue weighted by Crippen LogP contribution is -2.18. The fourth-order valence-corrected chi connectivity index (χ4v) is 1.90. The summed E-state index contributed by atoms with van der Waals surface area (Å²) in [5, 5.41) is 0. The van der Waals surface area contributed by atoms with E-state index in [1.807, 2.05) is 25.1 Å². The third kappa shape index (κ3) is 3.20. The van der Waals surface area contributed by atoms with Gasteiger partial charge < -0.3 is 15.2 Å². The minimum atomic E-state index is -0.248. The predicted octanol–water partition coefficient (Wildman–Crippen LogP) is 1.61. The first-order valence-corrected chi connectivity index (χ1v) is 5.54. The summed E-state index contributed by atoms with van der Waals surface area (Å²) in [6.45, 7) is 2.37. The second-order valence-corrected chi connectivity index (χ2v) is 3.89. The summed E-state index contributed by atoms with van der Waals surface area (Å²) >= 11 is 0. The summed E-state index contributed by atoms with van der Waals surface area (Å²) in [4.78, 5) is 11.3. The highest BCUT2D eigenvalue weighted by Gasteiger charge is 2.18. The first-order chi connectivity index (χ1) is 8.13. The van der Waals surface area contributed by atoms with Gasteiger partial charge in [0.25, 0.3) is 0 Å². The molecule has 0 saturated carbocycles. The monoisotopic (exact) mass is 237 g/mol. The van der Waals surface area contributed by atoms with E-state index in [1.165, 1.54) is 7.11 Å². The van der Waals surface area contributed by atoms with Gasteiger partial charge in [0.1, 0.15) is 5.75 Å². The fraction of sp³-hybridized carbons (Fsp3) is 0.462. The van der Waals surface area contributed by atoms with Gasteiger partial charge in [-0.3, -0.25) is 4.79 Å². The number of rotatable bonds is 5. The highest BCUT2D eigenvalue weighted by atomic mass is 16.5. The van der Waals surface area contributed by atoms with Crippen molar-refractivity contribution in [2.45, 2.75) is 19.3 Å². The Hall–Kier alpha value is -1.55. The zero-order valence-corrected chi connectivity index (χ0v) is 10.5. The lowest BCUT2D eigenvalue weighted by molar-refractivity contribution is -0.141. The molecule has 1 atom stereocenters. The molecule has 0 aliphatic heterocycles. The van der Waals surface area contributed by atoms with E-state index in [0.717, 1.165) is 16.9 Å². The molecule has 0 aliphatic carbocycles. The Bertz CT molecular complexity index is 390. The van der Waals surface area contributed by atoms with Crippen LogP contribution in [0, 0.1) is 6.92 Å². The normalized spacial score (nSPS) is 12.0. The second kappa shape index (κ2) is 6.25. The Balaban J connectivity index is 2.99. The average molecular weight is 237 g/mol. The van der Waals surface area contributed by atoms with Gasteiger partial charge in [0.15, 0.2) is 0 Å². The lowest BCUT2D eigenvalue weighted by atomic mass is 9.91. The van der Waals surface area contributed by atoms with Gasteiger partial charge in [0.05, 0.1) is 20.6 Å². The van der Waals surface area contributed by atoms with Crippen molar-refractivity contribution in [3.63, 3.8) is 0 Å². The van der Waals surface area contributed by atoms with E-state index in [4.69, 9.17) is 10.5 Å². The van der Waals surface area contributed by atoms with Crippen molar-refractivity contribution in [1.82, 2.24) is 0 Å². The van der Waals surface area contributed by atoms with Crippen molar-refractivity contribution in [3.05, 3.63) is 29.3 Å². The molecule has 1 aromatic carbocycles. The maximum absolute atomic E-state index is 11.3. The molecule has 0 amide bonds. The standard InChI is InChI=1S/C13H19NO3/c1-9-11(5-4-6-12(9)16-2)10(8-14)7-13(15)17-3/h4-6,10H,7-8,14H2,1-3H3. The van der Waals surface area contributed by atoms with E-state index in [2.05, 4.69) is 4.74 Å². The first kappa shape index (κ1) is 13.5. The van der Waals surface area contributed by atoms with Crippen molar-refractivity contribution >= 4 is 5.97 Å². The number of benzene rings is 1. The molecule has 4 heteroatoms. The van der Waals surface area contributed by atoms with Gasteiger partial charge >= 0.3 is 5.97 Å². The van der Waals surface area contributed by atoms with Crippen molar-refractivity contribution in [2.75, 3.05) is 20.8 Å². The molecule has 0 aromatic heterocycles. The number of ether oxygens (including phenoxy) is 2. The summed E-state index contributed by atoms with van der Waals surface area (Å²) in [5.41, 5.74) is 7.78. The summed E-state index contributed by atoms with van der Waals surface area (Å²) in [5.74, 6) is 0.533. The van der Waals surface area contributed by atoms with Crippen LogP contribution in [0.25, 0.3) is 0 Å². The largest absolute Gasteiger partial charge is 0.496 e. The highest BCUT2D eigenvalue weighted by molar-refractivity contribution is 5.70. The third-order valence-corrected chi connectivity index (χ3v) is 2.91. The van der Waals surface area contributed by atoms with Crippen molar-refractivity contribution in [3.8, 4) is 5.75 Å². The van der Waals surface area contributed by atoms with Gasteiger partial charge in [-0.25, -0.2) is 0 Å². The number of carbonyl (C=O) groups excluding carboxylic acids is 1. The van der Waals surface area contributed by atoms with E-state index >= 15 is 0 Å². The first-order valence-electron chi connectivity index (χ1n) is 5.54. The minimum absolute atomic E-state index is 0.0300. The molecule has 0 spiro atoms. The van der Waals surface area contributed by atoms with Gasteiger partial charge in [-0.15, -0.1) is 0 Å². The van der Waals surface area contributed by atoms with Crippen LogP contribution in [-0.4, -0.2) is 26.7 Å². The van der Waals surface area contributed by atoms with Crippen molar-refractivity contribution < 1.29 is 14.3 Å².